The molecule has 20 heavy (non-hydrogen) atoms. The Labute approximate surface area is 122 Å². The molecular formula is C16H23NO2S. The van der Waals surface area contributed by atoms with Crippen LogP contribution in [0, 0.1) is 5.92 Å². The van der Waals surface area contributed by atoms with E-state index in [9.17, 15) is 8.42 Å². The highest BCUT2D eigenvalue weighted by molar-refractivity contribution is 7.93. The van der Waals surface area contributed by atoms with Crippen LogP contribution in [0.3, 0.4) is 0 Å². The molecule has 0 saturated heterocycles. The zero-order valence-corrected chi connectivity index (χ0v) is 13.1. The van der Waals surface area contributed by atoms with Crippen molar-refractivity contribution in [1.82, 2.24) is 0 Å². The van der Waals surface area contributed by atoms with E-state index in [-0.39, 0.29) is 11.2 Å². The van der Waals surface area contributed by atoms with Gasteiger partial charge in [-0.1, -0.05) is 37.3 Å². The lowest BCUT2D eigenvalue weighted by atomic mass is 9.87. The van der Waals surface area contributed by atoms with Crippen molar-refractivity contribution < 1.29 is 8.42 Å². The van der Waals surface area contributed by atoms with Gasteiger partial charge in [-0.3, -0.25) is 4.31 Å². The lowest BCUT2D eigenvalue weighted by Gasteiger charge is -2.34. The predicted octanol–water partition coefficient (Wildman–Crippen LogP) is 3.59. The first kappa shape index (κ1) is 15.1. The third-order valence-electron chi connectivity index (χ3n) is 4.10. The number of para-hydroxylation sites is 1. The van der Waals surface area contributed by atoms with E-state index in [0.29, 0.717) is 13.0 Å². The van der Waals surface area contributed by atoms with Gasteiger partial charge in [-0.2, -0.15) is 0 Å². The SMILES string of the molecule is C=C1CCC(C)C(S(=O)(=O)N(CC)c2ccccc2)C1. The Hall–Kier alpha value is -1.29. The summed E-state index contributed by atoms with van der Waals surface area (Å²) < 4.78 is 27.5. The molecule has 1 aromatic rings. The third kappa shape index (κ3) is 2.90. The fourth-order valence-electron chi connectivity index (χ4n) is 2.87. The molecule has 2 rings (SSSR count). The molecule has 0 bridgehead atoms. The quantitative estimate of drug-likeness (QED) is 0.796. The van der Waals surface area contributed by atoms with Crippen LogP contribution in [0.1, 0.15) is 33.1 Å². The van der Waals surface area contributed by atoms with Gasteiger partial charge in [-0.25, -0.2) is 8.42 Å². The Kier molecular flexibility index (Phi) is 4.53. The first-order valence-electron chi connectivity index (χ1n) is 7.20. The molecule has 0 amide bonds. The van der Waals surface area contributed by atoms with E-state index in [0.717, 1.165) is 24.1 Å². The van der Waals surface area contributed by atoms with Gasteiger partial charge in [0.15, 0.2) is 0 Å². The van der Waals surface area contributed by atoms with Crippen molar-refractivity contribution in [3.05, 3.63) is 42.5 Å². The fraction of sp³-hybridized carbons (Fsp3) is 0.500. The average molecular weight is 293 g/mol. The van der Waals surface area contributed by atoms with Gasteiger partial charge in [0.05, 0.1) is 10.9 Å². The van der Waals surface area contributed by atoms with Crippen molar-refractivity contribution in [1.29, 1.82) is 0 Å². The molecule has 2 atom stereocenters. The summed E-state index contributed by atoms with van der Waals surface area (Å²) in [7, 11) is -3.34. The predicted molar refractivity (Wildman–Crippen MR) is 84.3 cm³/mol. The Balaban J connectivity index is 2.34. The zero-order valence-electron chi connectivity index (χ0n) is 12.2. The highest BCUT2D eigenvalue weighted by Gasteiger charge is 2.37. The molecule has 0 radical (unpaired) electrons. The van der Waals surface area contributed by atoms with E-state index in [1.165, 1.54) is 4.31 Å². The highest BCUT2D eigenvalue weighted by Crippen LogP contribution is 2.34. The largest absolute Gasteiger partial charge is 0.270 e. The van der Waals surface area contributed by atoms with Crippen molar-refractivity contribution in [2.24, 2.45) is 5.92 Å². The molecule has 0 heterocycles. The Morgan fingerprint density at radius 1 is 1.30 bits per heavy atom. The molecule has 1 fully saturated rings. The Morgan fingerprint density at radius 2 is 1.95 bits per heavy atom. The molecule has 0 aliphatic heterocycles. The minimum atomic E-state index is -3.34. The van der Waals surface area contributed by atoms with Gasteiger partial charge in [-0.05, 0) is 44.2 Å². The number of hydrogen-bond donors (Lipinski definition) is 0. The number of sulfonamides is 1. The molecule has 1 saturated carbocycles. The molecule has 2 unspecified atom stereocenters. The number of hydrogen-bond acceptors (Lipinski definition) is 2. The van der Waals surface area contributed by atoms with Crippen LogP contribution >= 0.6 is 0 Å². The van der Waals surface area contributed by atoms with Crippen LogP contribution in [0.25, 0.3) is 0 Å². The van der Waals surface area contributed by atoms with Crippen LogP contribution in [0.5, 0.6) is 0 Å². The topological polar surface area (TPSA) is 37.4 Å². The van der Waals surface area contributed by atoms with Gasteiger partial charge in [0.2, 0.25) is 10.0 Å². The van der Waals surface area contributed by atoms with Gasteiger partial charge >= 0.3 is 0 Å². The van der Waals surface area contributed by atoms with Crippen molar-refractivity contribution in [2.45, 2.75) is 38.4 Å². The van der Waals surface area contributed by atoms with E-state index < -0.39 is 10.0 Å². The van der Waals surface area contributed by atoms with E-state index in [1.807, 2.05) is 44.2 Å². The minimum absolute atomic E-state index is 0.184. The van der Waals surface area contributed by atoms with Crippen LogP contribution in [-0.2, 0) is 10.0 Å². The smallest absolute Gasteiger partial charge is 0.238 e. The fourth-order valence-corrected chi connectivity index (χ4v) is 5.14. The van der Waals surface area contributed by atoms with E-state index in [4.69, 9.17) is 0 Å². The van der Waals surface area contributed by atoms with Crippen molar-refractivity contribution >= 4 is 15.7 Å². The molecule has 4 heteroatoms. The minimum Gasteiger partial charge on any atom is -0.270 e. The normalized spacial score (nSPS) is 23.6. The van der Waals surface area contributed by atoms with E-state index in [1.54, 1.807) is 0 Å². The molecule has 3 nitrogen and oxygen atoms in total. The van der Waals surface area contributed by atoms with Crippen LogP contribution in [0.4, 0.5) is 5.69 Å². The standard InChI is InChI=1S/C16H23NO2S/c1-4-17(15-8-6-5-7-9-15)20(18,19)16-12-13(2)10-11-14(16)3/h5-9,14,16H,2,4,10-12H2,1,3H3. The summed E-state index contributed by atoms with van der Waals surface area (Å²) in [5, 5.41) is -0.344. The molecule has 0 N–H and O–H groups in total. The van der Waals surface area contributed by atoms with Gasteiger partial charge in [0.1, 0.15) is 0 Å². The monoisotopic (exact) mass is 293 g/mol. The van der Waals surface area contributed by atoms with Crippen molar-refractivity contribution in [3.8, 4) is 0 Å². The summed E-state index contributed by atoms with van der Waals surface area (Å²) in [6.07, 6.45) is 2.45. The second-order valence-corrected chi connectivity index (χ2v) is 7.63. The summed E-state index contributed by atoms with van der Waals surface area (Å²) in [6.45, 7) is 8.36. The van der Waals surface area contributed by atoms with Crippen LogP contribution in [0.15, 0.2) is 42.5 Å². The molecular weight excluding hydrogens is 270 g/mol. The van der Waals surface area contributed by atoms with E-state index >= 15 is 0 Å². The number of anilines is 1. The van der Waals surface area contributed by atoms with Gasteiger partial charge in [0, 0.05) is 6.54 Å². The van der Waals surface area contributed by atoms with Crippen molar-refractivity contribution in [2.75, 3.05) is 10.8 Å². The molecule has 1 aliphatic rings. The molecule has 1 aromatic carbocycles. The lowest BCUT2D eigenvalue weighted by molar-refractivity contribution is 0.432. The zero-order chi connectivity index (χ0) is 14.8. The maximum Gasteiger partial charge on any atom is 0.238 e. The number of benzene rings is 1. The van der Waals surface area contributed by atoms with E-state index in [2.05, 4.69) is 6.58 Å². The molecule has 110 valence electrons. The Bertz CT molecular complexity index is 565. The number of allylic oxidation sites excluding steroid dienone is 1. The summed E-state index contributed by atoms with van der Waals surface area (Å²) in [5.74, 6) is 0.184. The third-order valence-corrected chi connectivity index (χ3v) is 6.58. The first-order valence-corrected chi connectivity index (χ1v) is 8.70. The highest BCUT2D eigenvalue weighted by atomic mass is 32.2. The van der Waals surface area contributed by atoms with Gasteiger partial charge in [-0.15, -0.1) is 0 Å². The second-order valence-electron chi connectivity index (χ2n) is 5.55. The van der Waals surface area contributed by atoms with Crippen LogP contribution < -0.4 is 4.31 Å². The van der Waals surface area contributed by atoms with Gasteiger partial charge < -0.3 is 0 Å². The number of rotatable bonds is 4. The lowest BCUT2D eigenvalue weighted by Crippen LogP contribution is -2.43. The molecule has 0 aromatic heterocycles. The van der Waals surface area contributed by atoms with Crippen LogP contribution in [0.2, 0.25) is 0 Å². The second kappa shape index (κ2) is 6.00. The number of nitrogens with zero attached hydrogens (tertiary/aromatic N) is 1. The average Bonchev–Trinajstić information content (AvgIpc) is 2.43. The van der Waals surface area contributed by atoms with Crippen molar-refractivity contribution in [3.63, 3.8) is 0 Å². The van der Waals surface area contributed by atoms with Gasteiger partial charge in [0.25, 0.3) is 0 Å². The van der Waals surface area contributed by atoms with Crippen LogP contribution in [-0.4, -0.2) is 20.2 Å². The molecule has 0 spiro atoms. The summed E-state index contributed by atoms with van der Waals surface area (Å²) in [4.78, 5) is 0. The summed E-state index contributed by atoms with van der Waals surface area (Å²) in [6, 6.07) is 9.34. The first-order chi connectivity index (χ1) is 9.46. The molecule has 1 aliphatic carbocycles. The maximum atomic E-state index is 13.0. The Morgan fingerprint density at radius 3 is 2.55 bits per heavy atom. The summed E-state index contributed by atoms with van der Waals surface area (Å²) >= 11 is 0. The summed E-state index contributed by atoms with van der Waals surface area (Å²) in [5.41, 5.74) is 1.80. The maximum absolute atomic E-state index is 13.0.